The zero-order valence-electron chi connectivity index (χ0n) is 42.2. The van der Waals surface area contributed by atoms with Crippen LogP contribution in [0, 0.1) is 0 Å². The molecule has 2 aliphatic heterocycles. The highest BCUT2D eigenvalue weighted by atomic mass is 16.3. The maximum absolute atomic E-state index is 7.22. The standard InChI is InChI=1S/C66H58BN3O/c1-64(2,3)42-29-33-55(49(35-42)41-21-13-10-14-22-41)69-57-39-47(68(45-23-15-11-16-24-45)46-25-17-12-18-26-46)31-32-54(57)67-61-58(69)40-52-48-27-19-20-28-59(48)71-63(52)60(61)53-38-44(66(7,8)9)37-51-50-36-43(65(4,5)6)30-34-56(50)70(67)62(51)53/h10-40H,1-9H3. The molecule has 346 valence electrons. The number of aromatic nitrogens is 1. The van der Waals surface area contributed by atoms with Gasteiger partial charge in [0, 0.05) is 77.7 Å². The highest BCUT2D eigenvalue weighted by molar-refractivity contribution is 6.90. The van der Waals surface area contributed by atoms with Crippen LogP contribution < -0.4 is 20.7 Å². The zero-order chi connectivity index (χ0) is 48.7. The van der Waals surface area contributed by atoms with E-state index in [-0.39, 0.29) is 23.1 Å². The molecule has 0 unspecified atom stereocenters. The third kappa shape index (κ3) is 6.66. The Morgan fingerprint density at radius 2 is 1.03 bits per heavy atom. The Labute approximate surface area is 417 Å². The van der Waals surface area contributed by atoms with Gasteiger partial charge in [-0.25, -0.2) is 0 Å². The molecule has 0 spiro atoms. The topological polar surface area (TPSA) is 24.6 Å². The molecule has 0 atom stereocenters. The zero-order valence-corrected chi connectivity index (χ0v) is 42.2. The summed E-state index contributed by atoms with van der Waals surface area (Å²) in [4.78, 5) is 5.01. The number of hydrogen-bond donors (Lipinski definition) is 0. The fraction of sp³-hybridized carbons (Fsp3) is 0.182. The van der Waals surface area contributed by atoms with Crippen LogP contribution in [0.2, 0.25) is 0 Å². The summed E-state index contributed by atoms with van der Waals surface area (Å²) < 4.78 is 9.92. The maximum Gasteiger partial charge on any atom is 0.333 e. The monoisotopic (exact) mass is 919 g/mol. The summed E-state index contributed by atoms with van der Waals surface area (Å²) in [6.07, 6.45) is 0. The molecule has 0 radical (unpaired) electrons. The van der Waals surface area contributed by atoms with Gasteiger partial charge in [0.2, 0.25) is 0 Å². The van der Waals surface area contributed by atoms with E-state index in [0.29, 0.717) is 0 Å². The minimum Gasteiger partial charge on any atom is -0.455 e. The van der Waals surface area contributed by atoms with Crippen molar-refractivity contribution >= 4 is 95.6 Å². The van der Waals surface area contributed by atoms with E-state index < -0.39 is 0 Å². The summed E-state index contributed by atoms with van der Waals surface area (Å²) in [5.41, 5.74) is 22.1. The molecule has 2 aliphatic rings. The third-order valence-corrected chi connectivity index (χ3v) is 15.4. The van der Waals surface area contributed by atoms with Gasteiger partial charge in [-0.1, -0.05) is 165 Å². The number of nitrogens with zero attached hydrogens (tertiary/aromatic N) is 3. The second-order valence-corrected chi connectivity index (χ2v) is 23.0. The van der Waals surface area contributed by atoms with Crippen molar-refractivity contribution in [2.75, 3.05) is 9.80 Å². The molecule has 2 aromatic heterocycles. The van der Waals surface area contributed by atoms with E-state index in [1.165, 1.54) is 71.7 Å². The highest BCUT2D eigenvalue weighted by Crippen LogP contribution is 2.53. The number of para-hydroxylation sites is 3. The molecule has 4 heterocycles. The number of furan rings is 1. The molecule has 0 amide bonds. The minimum atomic E-state index is -0.178. The Hall–Kier alpha value is -7.76. The lowest BCUT2D eigenvalue weighted by atomic mass is 9.45. The van der Waals surface area contributed by atoms with Gasteiger partial charge in [0.25, 0.3) is 0 Å². The average molecular weight is 920 g/mol. The van der Waals surface area contributed by atoms with Gasteiger partial charge >= 0.3 is 6.85 Å². The van der Waals surface area contributed by atoms with E-state index in [1.54, 1.807) is 0 Å². The van der Waals surface area contributed by atoms with Crippen LogP contribution in [0.4, 0.5) is 34.1 Å². The summed E-state index contributed by atoms with van der Waals surface area (Å²) in [6, 6.07) is 70.3. The highest BCUT2D eigenvalue weighted by Gasteiger charge is 2.45. The van der Waals surface area contributed by atoms with Crippen molar-refractivity contribution in [3.05, 3.63) is 205 Å². The summed E-state index contributed by atoms with van der Waals surface area (Å²) in [6.45, 7) is 20.8. The van der Waals surface area contributed by atoms with Crippen molar-refractivity contribution in [2.45, 2.75) is 78.6 Å². The molecule has 4 nitrogen and oxygen atoms in total. The minimum absolute atomic E-state index is 0.0272. The van der Waals surface area contributed by atoms with E-state index >= 15 is 0 Å². The van der Waals surface area contributed by atoms with Gasteiger partial charge in [-0.2, -0.15) is 0 Å². The van der Waals surface area contributed by atoms with Gasteiger partial charge in [0.05, 0.1) is 5.69 Å². The van der Waals surface area contributed by atoms with Gasteiger partial charge < -0.3 is 18.7 Å². The molecular formula is C66H58BN3O. The van der Waals surface area contributed by atoms with Gasteiger partial charge in [-0.15, -0.1) is 0 Å². The van der Waals surface area contributed by atoms with Gasteiger partial charge in [-0.05, 0) is 134 Å². The van der Waals surface area contributed by atoms with Crippen LogP contribution in [0.25, 0.3) is 66.0 Å². The first-order valence-electron chi connectivity index (χ1n) is 25.3. The molecule has 0 bridgehead atoms. The van der Waals surface area contributed by atoms with Gasteiger partial charge in [0.1, 0.15) is 11.2 Å². The first-order chi connectivity index (χ1) is 34.1. The average Bonchev–Trinajstić information content (AvgIpc) is 3.91. The Morgan fingerprint density at radius 3 is 1.70 bits per heavy atom. The molecule has 0 saturated heterocycles. The van der Waals surface area contributed by atoms with Crippen LogP contribution in [-0.2, 0) is 16.2 Å². The smallest absolute Gasteiger partial charge is 0.333 e. The second kappa shape index (κ2) is 15.4. The number of rotatable bonds is 5. The lowest BCUT2D eigenvalue weighted by molar-refractivity contribution is 0.590. The molecule has 13 rings (SSSR count). The quantitative estimate of drug-likeness (QED) is 0.161. The summed E-state index contributed by atoms with van der Waals surface area (Å²) in [5.74, 6) is 0. The number of benzene rings is 9. The maximum atomic E-state index is 7.22. The summed E-state index contributed by atoms with van der Waals surface area (Å²) >= 11 is 0. The van der Waals surface area contributed by atoms with Crippen molar-refractivity contribution in [1.82, 2.24) is 4.48 Å². The van der Waals surface area contributed by atoms with E-state index in [1.807, 2.05) is 0 Å². The number of hydrogen-bond acceptors (Lipinski definition) is 3. The predicted molar refractivity (Wildman–Crippen MR) is 303 cm³/mol. The van der Waals surface area contributed by atoms with Crippen molar-refractivity contribution in [3.8, 4) is 22.3 Å². The van der Waals surface area contributed by atoms with Gasteiger partial charge in [-0.3, -0.25) is 0 Å². The Bertz CT molecular complexity index is 3900. The Morgan fingerprint density at radius 1 is 0.437 bits per heavy atom. The SMILES string of the molecule is CC(C)(C)c1ccc(N2c3cc(N(c4ccccc4)c4ccccc4)ccc3B3c4c2cc2c(oc5ccccc52)c4-c2cc(C(C)(C)C)cc4c5cc(C(C)(C)C)ccc5n3c24)c(-c2ccccc2)c1. The molecule has 0 fully saturated rings. The Balaban J connectivity index is 1.22. The first kappa shape index (κ1) is 43.3. The summed E-state index contributed by atoms with van der Waals surface area (Å²) in [5, 5.41) is 4.82. The fourth-order valence-electron chi connectivity index (χ4n) is 11.7. The van der Waals surface area contributed by atoms with Gasteiger partial charge in [0.15, 0.2) is 0 Å². The molecular weight excluding hydrogens is 862 g/mol. The van der Waals surface area contributed by atoms with E-state index in [4.69, 9.17) is 4.42 Å². The molecule has 0 aliphatic carbocycles. The van der Waals surface area contributed by atoms with Crippen LogP contribution in [0.1, 0.15) is 79.0 Å². The number of anilines is 6. The molecule has 9 aromatic carbocycles. The first-order valence-corrected chi connectivity index (χ1v) is 25.3. The van der Waals surface area contributed by atoms with Crippen LogP contribution in [0.5, 0.6) is 0 Å². The number of fused-ring (bicyclic) bond motifs is 11. The predicted octanol–water partition coefficient (Wildman–Crippen LogP) is 17.1. The van der Waals surface area contributed by atoms with Crippen LogP contribution in [0.3, 0.4) is 0 Å². The Kier molecular flexibility index (Phi) is 9.37. The van der Waals surface area contributed by atoms with Crippen molar-refractivity contribution in [2.24, 2.45) is 0 Å². The van der Waals surface area contributed by atoms with Crippen molar-refractivity contribution < 1.29 is 4.42 Å². The largest absolute Gasteiger partial charge is 0.455 e. The molecule has 5 heteroatoms. The van der Waals surface area contributed by atoms with Crippen molar-refractivity contribution in [3.63, 3.8) is 0 Å². The van der Waals surface area contributed by atoms with E-state index in [9.17, 15) is 0 Å². The lowest BCUT2D eigenvalue weighted by Crippen LogP contribution is -2.56. The van der Waals surface area contributed by atoms with Crippen molar-refractivity contribution in [1.29, 1.82) is 0 Å². The summed E-state index contributed by atoms with van der Waals surface area (Å²) in [7, 11) is 0. The fourth-order valence-corrected chi connectivity index (χ4v) is 11.7. The van der Waals surface area contributed by atoms with Crippen LogP contribution >= 0.6 is 0 Å². The van der Waals surface area contributed by atoms with Crippen LogP contribution in [-0.4, -0.2) is 11.3 Å². The lowest BCUT2D eigenvalue weighted by Gasteiger charge is -2.42. The third-order valence-electron chi connectivity index (χ3n) is 15.4. The molecule has 11 aromatic rings. The second-order valence-electron chi connectivity index (χ2n) is 23.0. The molecule has 0 saturated carbocycles. The van der Waals surface area contributed by atoms with E-state index in [0.717, 1.165) is 56.1 Å². The molecule has 0 N–H and O–H groups in total. The molecule has 71 heavy (non-hydrogen) atoms. The van der Waals surface area contributed by atoms with Crippen LogP contribution in [0.15, 0.2) is 192 Å². The normalized spacial score (nSPS) is 13.4. The van der Waals surface area contributed by atoms with E-state index in [2.05, 4.69) is 265 Å².